The van der Waals surface area contributed by atoms with Crippen molar-refractivity contribution in [2.24, 2.45) is 5.41 Å². The monoisotopic (exact) mass is 358 g/mol. The number of amides is 1. The molecule has 140 valence electrons. The number of aliphatic hydroxyl groups excluding tert-OH is 1. The summed E-state index contributed by atoms with van der Waals surface area (Å²) in [5, 5.41) is 12.1. The van der Waals surface area contributed by atoms with Crippen LogP contribution in [0.2, 0.25) is 0 Å². The fourth-order valence-corrected chi connectivity index (χ4v) is 2.72. The Morgan fingerprint density at radius 1 is 1.40 bits per heavy atom. The highest BCUT2D eigenvalue weighted by molar-refractivity contribution is 5.85. The van der Waals surface area contributed by atoms with Crippen molar-refractivity contribution in [1.29, 1.82) is 0 Å². The Labute approximate surface area is 145 Å². The summed E-state index contributed by atoms with van der Waals surface area (Å²) in [5.41, 5.74) is -1.95. The fraction of sp³-hybridized carbons (Fsp3) is 0.688. The molecule has 7 nitrogen and oxygen atoms in total. The maximum Gasteiger partial charge on any atom is 0.431 e. The van der Waals surface area contributed by atoms with Gasteiger partial charge in [-0.1, -0.05) is 13.8 Å². The molecule has 2 rings (SSSR count). The highest BCUT2D eigenvalue weighted by Gasteiger charge is 2.55. The number of anilines is 1. The average molecular weight is 358 g/mol. The number of hydrogen-bond acceptors (Lipinski definition) is 6. The largest absolute Gasteiger partial charge is 0.442 e. The molecule has 0 aromatic carbocycles. The van der Waals surface area contributed by atoms with Gasteiger partial charge in [0.25, 0.3) is 5.92 Å². The zero-order valence-corrected chi connectivity index (χ0v) is 15.0. The van der Waals surface area contributed by atoms with Crippen LogP contribution in [0.3, 0.4) is 0 Å². The smallest absolute Gasteiger partial charge is 0.431 e. The first-order chi connectivity index (χ1) is 11.3. The van der Waals surface area contributed by atoms with E-state index < -0.39 is 35.7 Å². The molecule has 2 heterocycles. The number of aromatic nitrogens is 2. The third-order valence-electron chi connectivity index (χ3n) is 3.76. The second-order valence-electron chi connectivity index (χ2n) is 7.83. The minimum Gasteiger partial charge on any atom is -0.442 e. The molecule has 0 radical (unpaired) electrons. The van der Waals surface area contributed by atoms with E-state index in [-0.39, 0.29) is 12.4 Å². The number of ether oxygens (including phenoxy) is 1. The van der Waals surface area contributed by atoms with Crippen molar-refractivity contribution in [3.05, 3.63) is 18.6 Å². The van der Waals surface area contributed by atoms with Crippen molar-refractivity contribution in [1.82, 2.24) is 15.0 Å². The Balaban J connectivity index is 2.40. The van der Waals surface area contributed by atoms with Crippen LogP contribution in [-0.4, -0.2) is 56.9 Å². The van der Waals surface area contributed by atoms with Gasteiger partial charge in [-0.05, 0) is 20.8 Å². The first kappa shape index (κ1) is 19.5. The normalized spacial score (nSPS) is 23.1. The topological polar surface area (TPSA) is 78.8 Å². The quantitative estimate of drug-likeness (QED) is 0.875. The molecule has 1 unspecified atom stereocenters. The molecule has 9 heteroatoms. The minimum atomic E-state index is -3.39. The van der Waals surface area contributed by atoms with Crippen molar-refractivity contribution < 1.29 is 23.4 Å². The van der Waals surface area contributed by atoms with Gasteiger partial charge in [-0.3, -0.25) is 0 Å². The predicted molar refractivity (Wildman–Crippen MR) is 87.1 cm³/mol. The number of aliphatic hydroxyl groups is 1. The van der Waals surface area contributed by atoms with Crippen LogP contribution in [0.5, 0.6) is 0 Å². The summed E-state index contributed by atoms with van der Waals surface area (Å²) in [6.45, 7) is 7.27. The maximum atomic E-state index is 14.3. The van der Waals surface area contributed by atoms with Crippen molar-refractivity contribution in [3.8, 4) is 0 Å². The van der Waals surface area contributed by atoms with Crippen LogP contribution < -0.4 is 5.01 Å². The zero-order chi connectivity index (χ0) is 19.0. The van der Waals surface area contributed by atoms with E-state index in [9.17, 15) is 18.7 Å². The van der Waals surface area contributed by atoms with E-state index in [4.69, 9.17) is 4.74 Å². The molecule has 1 fully saturated rings. The summed E-state index contributed by atoms with van der Waals surface area (Å²) in [5.74, 6) is -3.28. The first-order valence-electron chi connectivity index (χ1n) is 7.93. The van der Waals surface area contributed by atoms with E-state index in [1.165, 1.54) is 32.4 Å². The molecule has 1 amide bonds. The van der Waals surface area contributed by atoms with Crippen molar-refractivity contribution in [2.45, 2.75) is 52.2 Å². The van der Waals surface area contributed by atoms with Crippen LogP contribution in [0.25, 0.3) is 0 Å². The standard InChI is InChI=1S/C16H24F2N4O3/c1-14(2,3)25-13(24)22(11-6-7-19-10-20-11)21-8-15(4,5)12(23)16(17,18)9-21/h6-7,10,12,23H,8-9H2,1-5H3. The minimum absolute atomic E-state index is 0.0208. The molecule has 0 bridgehead atoms. The molecule has 1 saturated heterocycles. The molecular weight excluding hydrogens is 334 g/mol. The average Bonchev–Trinajstić information content (AvgIpc) is 2.43. The van der Waals surface area contributed by atoms with Gasteiger partial charge in [0.05, 0.1) is 6.54 Å². The van der Waals surface area contributed by atoms with Gasteiger partial charge in [0.15, 0.2) is 5.82 Å². The number of halogens is 2. The summed E-state index contributed by atoms with van der Waals surface area (Å²) in [7, 11) is 0. The highest BCUT2D eigenvalue weighted by atomic mass is 19.3. The molecule has 1 N–H and O–H groups in total. The molecule has 25 heavy (non-hydrogen) atoms. The molecule has 1 atom stereocenters. The SMILES string of the molecule is CC(C)(C)OC(=O)N(c1ccncn1)N1CC(C)(C)C(O)C(F)(F)C1. The maximum absolute atomic E-state index is 14.3. The molecule has 1 aromatic heterocycles. The van der Waals surface area contributed by atoms with Crippen molar-refractivity contribution in [2.75, 3.05) is 18.1 Å². The van der Waals surface area contributed by atoms with E-state index >= 15 is 0 Å². The summed E-state index contributed by atoms with van der Waals surface area (Å²) >= 11 is 0. The van der Waals surface area contributed by atoms with Gasteiger partial charge in [0, 0.05) is 24.2 Å². The number of hydrogen-bond donors (Lipinski definition) is 1. The van der Waals surface area contributed by atoms with Crippen LogP contribution in [0.15, 0.2) is 18.6 Å². The second-order valence-corrected chi connectivity index (χ2v) is 7.83. The van der Waals surface area contributed by atoms with Crippen LogP contribution in [0.1, 0.15) is 34.6 Å². The molecule has 1 aliphatic heterocycles. The number of carbonyl (C=O) groups is 1. The third-order valence-corrected chi connectivity index (χ3v) is 3.76. The number of carbonyl (C=O) groups excluding carboxylic acids is 1. The van der Waals surface area contributed by atoms with Gasteiger partial charge in [0.2, 0.25) is 0 Å². The van der Waals surface area contributed by atoms with Crippen LogP contribution >= 0.6 is 0 Å². The Bertz CT molecular complexity index is 602. The number of alkyl halides is 2. The van der Waals surface area contributed by atoms with Crippen LogP contribution in [0, 0.1) is 5.41 Å². The van der Waals surface area contributed by atoms with E-state index in [0.717, 1.165) is 10.0 Å². The molecule has 0 saturated carbocycles. The van der Waals surface area contributed by atoms with Gasteiger partial charge in [-0.25, -0.2) is 28.6 Å². The van der Waals surface area contributed by atoms with Gasteiger partial charge >= 0.3 is 6.09 Å². The second kappa shape index (κ2) is 6.45. The van der Waals surface area contributed by atoms with E-state index in [1.807, 2.05) is 0 Å². The molecule has 1 aliphatic rings. The van der Waals surface area contributed by atoms with Gasteiger partial charge in [-0.15, -0.1) is 0 Å². The van der Waals surface area contributed by atoms with E-state index in [1.54, 1.807) is 20.8 Å². The van der Waals surface area contributed by atoms with Crippen LogP contribution in [-0.2, 0) is 4.74 Å². The van der Waals surface area contributed by atoms with Gasteiger partial charge in [-0.2, -0.15) is 5.01 Å². The molecule has 0 spiro atoms. The Kier molecular flexibility index (Phi) is 5.02. The van der Waals surface area contributed by atoms with Crippen molar-refractivity contribution in [3.63, 3.8) is 0 Å². The first-order valence-corrected chi connectivity index (χ1v) is 7.93. The Hall–Kier alpha value is -1.87. The lowest BCUT2D eigenvalue weighted by Crippen LogP contribution is -2.65. The summed E-state index contributed by atoms with van der Waals surface area (Å²) in [6, 6.07) is 1.43. The van der Waals surface area contributed by atoms with E-state index in [0.29, 0.717) is 0 Å². The highest BCUT2D eigenvalue weighted by Crippen LogP contribution is 2.39. The number of nitrogens with zero attached hydrogens (tertiary/aromatic N) is 4. The Morgan fingerprint density at radius 3 is 2.52 bits per heavy atom. The van der Waals surface area contributed by atoms with Crippen LogP contribution in [0.4, 0.5) is 19.4 Å². The third kappa shape index (κ3) is 4.40. The van der Waals surface area contributed by atoms with Gasteiger partial charge < -0.3 is 9.84 Å². The number of hydrazine groups is 1. The van der Waals surface area contributed by atoms with Crippen molar-refractivity contribution >= 4 is 11.9 Å². The fourth-order valence-electron chi connectivity index (χ4n) is 2.72. The number of rotatable bonds is 2. The summed E-state index contributed by atoms with van der Waals surface area (Å²) < 4.78 is 34.0. The molecular formula is C16H24F2N4O3. The lowest BCUT2D eigenvalue weighted by atomic mass is 9.80. The zero-order valence-electron chi connectivity index (χ0n) is 15.0. The molecule has 0 aliphatic carbocycles. The summed E-state index contributed by atoms with van der Waals surface area (Å²) in [4.78, 5) is 20.4. The number of piperidine rings is 1. The summed E-state index contributed by atoms with van der Waals surface area (Å²) in [6.07, 6.45) is -0.0207. The Morgan fingerprint density at radius 2 is 2.04 bits per heavy atom. The van der Waals surface area contributed by atoms with Gasteiger partial charge in [0.1, 0.15) is 18.0 Å². The van der Waals surface area contributed by atoms with E-state index in [2.05, 4.69) is 9.97 Å². The lowest BCUT2D eigenvalue weighted by Gasteiger charge is -2.48. The predicted octanol–water partition coefficient (Wildman–Crippen LogP) is 2.47. The molecule has 1 aromatic rings. The lowest BCUT2D eigenvalue weighted by molar-refractivity contribution is -0.199.